The van der Waals surface area contributed by atoms with Crippen LogP contribution in [0.15, 0.2) is 0 Å². The molecule has 0 aromatic carbocycles. The SMILES string of the molecule is [I-].[I-].[I-].[I-].[I-].[Na+].[Sn+4]. The zero-order chi connectivity index (χ0) is 0. The molecule has 0 aliphatic rings. The quantitative estimate of drug-likeness (QED) is 0.170. The molecule has 0 aromatic heterocycles. The minimum absolute atomic E-state index is 0. The van der Waals surface area contributed by atoms with E-state index in [-0.39, 0.29) is 173 Å². The second-order valence-electron chi connectivity index (χ2n) is 0. The zero-order valence-electron chi connectivity index (χ0n) is 3.39. The number of halogens is 5. The summed E-state index contributed by atoms with van der Waals surface area (Å²) in [4.78, 5) is 0. The largest absolute Gasteiger partial charge is 4.00 e. The summed E-state index contributed by atoms with van der Waals surface area (Å²) in [6, 6.07) is 0. The topological polar surface area (TPSA) is 0 Å². The summed E-state index contributed by atoms with van der Waals surface area (Å²) >= 11 is 0. The van der Waals surface area contributed by atoms with E-state index in [0.29, 0.717) is 0 Å². The molecule has 0 aromatic rings. The van der Waals surface area contributed by atoms with Crippen LogP contribution in [-0.4, -0.2) is 23.9 Å². The molecule has 0 spiro atoms. The van der Waals surface area contributed by atoms with Crippen molar-refractivity contribution in [2.24, 2.45) is 0 Å². The molecule has 0 fully saturated rings. The summed E-state index contributed by atoms with van der Waals surface area (Å²) in [6.45, 7) is 0. The van der Waals surface area contributed by atoms with Gasteiger partial charge in [-0.25, -0.2) is 0 Å². The average molecular weight is 776 g/mol. The fourth-order valence-corrected chi connectivity index (χ4v) is 0. The van der Waals surface area contributed by atoms with E-state index in [0.717, 1.165) is 0 Å². The van der Waals surface area contributed by atoms with E-state index in [1.54, 1.807) is 0 Å². The van der Waals surface area contributed by atoms with Gasteiger partial charge in [0.15, 0.2) is 0 Å². The van der Waals surface area contributed by atoms with Gasteiger partial charge >= 0.3 is 53.5 Å². The van der Waals surface area contributed by atoms with Crippen LogP contribution in [0, 0.1) is 0 Å². The van der Waals surface area contributed by atoms with Crippen molar-refractivity contribution >= 4 is 23.9 Å². The van der Waals surface area contributed by atoms with E-state index in [9.17, 15) is 0 Å². The third-order valence-corrected chi connectivity index (χ3v) is 0. The van der Waals surface area contributed by atoms with Gasteiger partial charge in [-0.05, 0) is 0 Å². The van der Waals surface area contributed by atoms with Crippen LogP contribution < -0.4 is 149 Å². The minimum Gasteiger partial charge on any atom is -1.00 e. The van der Waals surface area contributed by atoms with Gasteiger partial charge in [-0.1, -0.05) is 0 Å². The molecule has 0 heterocycles. The van der Waals surface area contributed by atoms with Gasteiger partial charge < -0.3 is 120 Å². The van der Waals surface area contributed by atoms with Crippen molar-refractivity contribution in [1.82, 2.24) is 0 Å². The summed E-state index contributed by atoms with van der Waals surface area (Å²) in [7, 11) is 0. The maximum atomic E-state index is 0. The van der Waals surface area contributed by atoms with Gasteiger partial charge in [0.2, 0.25) is 0 Å². The smallest absolute Gasteiger partial charge is 1.00 e. The van der Waals surface area contributed by atoms with Crippen molar-refractivity contribution in [3.63, 3.8) is 0 Å². The Kier molecular flexibility index (Phi) is 331. The third-order valence-electron chi connectivity index (χ3n) is 0. The molecule has 0 radical (unpaired) electrons. The number of hydrogen-bond donors (Lipinski definition) is 0. The molecule has 0 amide bonds. The molecule has 0 nitrogen and oxygen atoms in total. The first kappa shape index (κ1) is 55.0. The Hall–Kier alpha value is 5.45. The monoisotopic (exact) mass is 777 g/mol. The molecule has 0 unspecified atom stereocenters. The number of rotatable bonds is 0. The molecule has 0 aliphatic heterocycles. The van der Waals surface area contributed by atoms with Crippen LogP contribution in [0.3, 0.4) is 0 Å². The summed E-state index contributed by atoms with van der Waals surface area (Å²) in [6.07, 6.45) is 0. The summed E-state index contributed by atoms with van der Waals surface area (Å²) in [5.74, 6) is 0. The molecule has 0 N–H and O–H groups in total. The zero-order valence-corrected chi connectivity index (χ0v) is 19.0. The molecular formula is I5NaSn. The van der Waals surface area contributed by atoms with Crippen LogP contribution in [0.2, 0.25) is 0 Å². The normalized spacial score (nSPS) is 0. The van der Waals surface area contributed by atoms with Crippen LogP contribution >= 0.6 is 0 Å². The van der Waals surface area contributed by atoms with E-state index in [2.05, 4.69) is 0 Å². The average Bonchev–Trinajstić information content (AvgIpc) is 0. The van der Waals surface area contributed by atoms with Gasteiger partial charge in [0.1, 0.15) is 0 Å². The molecule has 0 atom stereocenters. The van der Waals surface area contributed by atoms with Gasteiger partial charge in [-0.2, -0.15) is 0 Å². The Morgan fingerprint density at radius 2 is 0.429 bits per heavy atom. The molecule has 0 saturated heterocycles. The molecular weight excluding hydrogens is 776 g/mol. The van der Waals surface area contributed by atoms with E-state index < -0.39 is 0 Å². The third kappa shape index (κ3) is 34.4. The molecule has 7 heavy (non-hydrogen) atoms. The Morgan fingerprint density at radius 1 is 0.429 bits per heavy atom. The van der Waals surface area contributed by atoms with Crippen LogP contribution in [-0.2, 0) is 0 Å². The second-order valence-corrected chi connectivity index (χ2v) is 0. The Labute approximate surface area is 169 Å². The summed E-state index contributed by atoms with van der Waals surface area (Å²) in [5, 5.41) is 0. The maximum absolute atomic E-state index is 0. The van der Waals surface area contributed by atoms with Crippen LogP contribution in [0.1, 0.15) is 0 Å². The van der Waals surface area contributed by atoms with Crippen molar-refractivity contribution in [3.05, 3.63) is 0 Å². The van der Waals surface area contributed by atoms with Crippen molar-refractivity contribution in [1.29, 1.82) is 0 Å². The van der Waals surface area contributed by atoms with Crippen molar-refractivity contribution in [2.75, 3.05) is 0 Å². The van der Waals surface area contributed by atoms with E-state index in [1.807, 2.05) is 0 Å². The fraction of sp³-hybridized carbons (Fsp3) is 0. The first-order valence-corrected chi connectivity index (χ1v) is 0. The van der Waals surface area contributed by atoms with Crippen molar-refractivity contribution < 1.29 is 149 Å². The first-order chi connectivity index (χ1) is 0. The predicted octanol–water partition coefficient (Wildman–Crippen LogP) is -18.4. The standard InChI is InChI=1S/5HI.Na.Sn/h5*1H;;/q;;;;;+1;+4/p-5. The van der Waals surface area contributed by atoms with Gasteiger partial charge in [0.25, 0.3) is 0 Å². The van der Waals surface area contributed by atoms with Crippen LogP contribution in [0.5, 0.6) is 0 Å². The summed E-state index contributed by atoms with van der Waals surface area (Å²) < 4.78 is 0. The molecule has 0 saturated carbocycles. The van der Waals surface area contributed by atoms with Gasteiger partial charge in [-0.15, -0.1) is 0 Å². The molecule has 7 heteroatoms. The minimum atomic E-state index is 0. The fourth-order valence-electron chi connectivity index (χ4n) is 0. The molecule has 0 aliphatic carbocycles. The number of hydrogen-bond acceptors (Lipinski definition) is 0. The Morgan fingerprint density at radius 3 is 0.429 bits per heavy atom. The molecule has 0 bridgehead atoms. The molecule has 0 rings (SSSR count). The first-order valence-electron chi connectivity index (χ1n) is 0. The van der Waals surface area contributed by atoms with Gasteiger partial charge in [0, 0.05) is 0 Å². The summed E-state index contributed by atoms with van der Waals surface area (Å²) in [5.41, 5.74) is 0. The van der Waals surface area contributed by atoms with Gasteiger partial charge in [0.05, 0.1) is 0 Å². The Balaban J connectivity index is 0. The predicted molar refractivity (Wildman–Crippen MR) is 5.75 cm³/mol. The Bertz CT molecular complexity index is 8.04. The molecule has 40 valence electrons. The van der Waals surface area contributed by atoms with Crippen molar-refractivity contribution in [3.8, 4) is 0 Å². The van der Waals surface area contributed by atoms with Crippen LogP contribution in [0.4, 0.5) is 0 Å². The van der Waals surface area contributed by atoms with E-state index in [4.69, 9.17) is 0 Å². The van der Waals surface area contributed by atoms with Gasteiger partial charge in [-0.3, -0.25) is 0 Å². The maximum Gasteiger partial charge on any atom is 4.00 e. The van der Waals surface area contributed by atoms with E-state index in [1.165, 1.54) is 0 Å². The second kappa shape index (κ2) is 42.1. The van der Waals surface area contributed by atoms with E-state index >= 15 is 0 Å². The van der Waals surface area contributed by atoms with Crippen LogP contribution in [0.25, 0.3) is 0 Å². The van der Waals surface area contributed by atoms with Crippen molar-refractivity contribution in [2.45, 2.75) is 0 Å².